The molecule has 0 aromatic heterocycles. The maximum Gasteiger partial charge on any atom is 0.184 e. The van der Waals surface area contributed by atoms with Crippen LogP contribution in [0.4, 0.5) is 8.78 Å². The van der Waals surface area contributed by atoms with Crippen LogP contribution in [0.3, 0.4) is 0 Å². The normalized spacial score (nSPS) is 21.8. The zero-order valence-corrected chi connectivity index (χ0v) is 12.2. The van der Waals surface area contributed by atoms with E-state index in [1.165, 1.54) is 12.1 Å². The molecule has 0 atom stereocenters. The molecule has 0 spiro atoms. The number of hydrogen-bond donors (Lipinski definition) is 1. The molecule has 116 valence electrons. The van der Waals surface area contributed by atoms with Crippen molar-refractivity contribution in [2.75, 3.05) is 13.2 Å². The lowest BCUT2D eigenvalue weighted by atomic mass is 10.0. The molecule has 0 bridgehead atoms. The number of halogens is 2. The fourth-order valence-corrected chi connectivity index (χ4v) is 2.44. The predicted molar refractivity (Wildman–Crippen MR) is 79.2 cm³/mol. The summed E-state index contributed by atoms with van der Waals surface area (Å²) in [7, 11) is 0. The maximum absolute atomic E-state index is 14.4. The van der Waals surface area contributed by atoms with Gasteiger partial charge in [0, 0.05) is 5.56 Å². The molecule has 0 aliphatic carbocycles. The van der Waals surface area contributed by atoms with Crippen LogP contribution < -0.4 is 5.73 Å². The first-order valence-electron chi connectivity index (χ1n) is 7.09. The van der Waals surface area contributed by atoms with Crippen molar-refractivity contribution in [2.45, 2.75) is 19.3 Å². The third-order valence-electron chi connectivity index (χ3n) is 3.60. The van der Waals surface area contributed by atoms with Crippen LogP contribution in [0.25, 0.3) is 11.1 Å². The van der Waals surface area contributed by atoms with E-state index in [0.29, 0.717) is 24.3 Å². The molecule has 3 nitrogen and oxygen atoms in total. The molecule has 3 rings (SSSR count). The van der Waals surface area contributed by atoms with Crippen molar-refractivity contribution in [3.63, 3.8) is 0 Å². The quantitative estimate of drug-likeness (QED) is 0.926. The van der Waals surface area contributed by atoms with Crippen LogP contribution in [0.2, 0.25) is 0 Å². The lowest BCUT2D eigenvalue weighted by molar-refractivity contribution is -0.190. The van der Waals surface area contributed by atoms with E-state index < -0.39 is 17.9 Å². The molecule has 1 heterocycles. The highest BCUT2D eigenvalue weighted by Crippen LogP contribution is 2.31. The van der Waals surface area contributed by atoms with E-state index in [0.717, 1.165) is 5.56 Å². The zero-order valence-electron chi connectivity index (χ0n) is 12.2. The Labute approximate surface area is 127 Å². The van der Waals surface area contributed by atoms with E-state index in [1.54, 1.807) is 12.1 Å². The highest BCUT2D eigenvalue weighted by atomic mass is 19.1. The second kappa shape index (κ2) is 6.12. The van der Waals surface area contributed by atoms with Gasteiger partial charge in [0.2, 0.25) is 0 Å². The first kappa shape index (κ1) is 15.1. The van der Waals surface area contributed by atoms with Gasteiger partial charge < -0.3 is 15.2 Å². The second-order valence-electron chi connectivity index (χ2n) is 5.48. The zero-order chi connectivity index (χ0) is 15.7. The van der Waals surface area contributed by atoms with E-state index in [1.807, 2.05) is 19.1 Å². The molecule has 0 radical (unpaired) electrons. The molecule has 2 N–H and O–H groups in total. The Kier molecular flexibility index (Phi) is 4.20. The molecule has 1 aliphatic heterocycles. The van der Waals surface area contributed by atoms with Crippen molar-refractivity contribution in [1.29, 1.82) is 0 Å². The number of rotatable bonds is 2. The molecule has 0 amide bonds. The number of benzene rings is 2. The van der Waals surface area contributed by atoms with E-state index in [4.69, 9.17) is 15.2 Å². The minimum atomic E-state index is -0.782. The number of nitrogens with two attached hydrogens (primary N) is 1. The summed E-state index contributed by atoms with van der Waals surface area (Å²) >= 11 is 0. The van der Waals surface area contributed by atoms with Gasteiger partial charge in [0.05, 0.1) is 24.8 Å². The Hall–Kier alpha value is -1.82. The number of ether oxygens (including phenoxy) is 2. The molecule has 0 unspecified atom stereocenters. The number of aryl methyl sites for hydroxylation is 1. The summed E-state index contributed by atoms with van der Waals surface area (Å²) in [5, 5.41) is 0. The first-order valence-corrected chi connectivity index (χ1v) is 7.09. The fraction of sp³-hybridized carbons (Fsp3) is 0.294. The molecule has 1 saturated heterocycles. The van der Waals surface area contributed by atoms with Crippen LogP contribution in [0, 0.1) is 18.6 Å². The van der Waals surface area contributed by atoms with Crippen LogP contribution >= 0.6 is 0 Å². The molecular weight excluding hydrogens is 288 g/mol. The van der Waals surface area contributed by atoms with E-state index in [2.05, 4.69) is 0 Å². The van der Waals surface area contributed by atoms with Crippen molar-refractivity contribution in [2.24, 2.45) is 5.73 Å². The van der Waals surface area contributed by atoms with Gasteiger partial charge in [-0.15, -0.1) is 0 Å². The number of hydrogen-bond acceptors (Lipinski definition) is 3. The third kappa shape index (κ3) is 3.02. The van der Waals surface area contributed by atoms with Crippen molar-refractivity contribution in [1.82, 2.24) is 0 Å². The van der Waals surface area contributed by atoms with Crippen LogP contribution in [0.5, 0.6) is 0 Å². The summed E-state index contributed by atoms with van der Waals surface area (Å²) < 4.78 is 39.4. The molecular formula is C17H17F2NO2. The molecule has 5 heteroatoms. The highest BCUT2D eigenvalue weighted by molar-refractivity contribution is 5.65. The summed E-state index contributed by atoms with van der Waals surface area (Å²) in [4.78, 5) is 0. The summed E-state index contributed by atoms with van der Waals surface area (Å²) in [6.45, 7) is 2.52. The SMILES string of the molecule is Cc1ccc(-c2c(F)cc(C3OCC(N)CO3)cc2F)cc1. The van der Waals surface area contributed by atoms with E-state index in [9.17, 15) is 8.78 Å². The monoisotopic (exact) mass is 305 g/mol. The molecule has 1 fully saturated rings. The topological polar surface area (TPSA) is 44.5 Å². The van der Waals surface area contributed by atoms with Gasteiger partial charge in [-0.2, -0.15) is 0 Å². The van der Waals surface area contributed by atoms with E-state index in [-0.39, 0.29) is 11.6 Å². The fourth-order valence-electron chi connectivity index (χ4n) is 2.44. The Morgan fingerprint density at radius 1 is 1.00 bits per heavy atom. The molecule has 0 saturated carbocycles. The molecule has 22 heavy (non-hydrogen) atoms. The van der Waals surface area contributed by atoms with Crippen LogP contribution in [0.15, 0.2) is 36.4 Å². The molecule has 1 aliphatic rings. The third-order valence-corrected chi connectivity index (χ3v) is 3.60. The van der Waals surface area contributed by atoms with Gasteiger partial charge >= 0.3 is 0 Å². The Morgan fingerprint density at radius 2 is 1.55 bits per heavy atom. The summed E-state index contributed by atoms with van der Waals surface area (Å²) in [6, 6.07) is 9.32. The smallest absolute Gasteiger partial charge is 0.184 e. The summed E-state index contributed by atoms with van der Waals surface area (Å²) in [5.74, 6) is -1.28. The predicted octanol–water partition coefficient (Wildman–Crippen LogP) is 3.31. The van der Waals surface area contributed by atoms with Crippen LogP contribution in [0.1, 0.15) is 17.4 Å². The highest BCUT2D eigenvalue weighted by Gasteiger charge is 2.24. The van der Waals surface area contributed by atoms with Gasteiger partial charge in [0.15, 0.2) is 6.29 Å². The standard InChI is InChI=1S/C17H17F2NO2/c1-10-2-4-11(5-3-10)16-14(18)6-12(7-15(16)19)17-21-8-13(20)9-22-17/h2-7,13,17H,8-9,20H2,1H3. The van der Waals surface area contributed by atoms with Crippen molar-refractivity contribution in [3.05, 3.63) is 59.2 Å². The minimum Gasteiger partial charge on any atom is -0.347 e. The van der Waals surface area contributed by atoms with Gasteiger partial charge in [0.1, 0.15) is 11.6 Å². The van der Waals surface area contributed by atoms with Crippen molar-refractivity contribution in [3.8, 4) is 11.1 Å². The van der Waals surface area contributed by atoms with Gasteiger partial charge in [-0.1, -0.05) is 29.8 Å². The Bertz CT molecular complexity index is 642. The van der Waals surface area contributed by atoms with Crippen LogP contribution in [-0.2, 0) is 9.47 Å². The average Bonchev–Trinajstić information content (AvgIpc) is 2.49. The molecule has 2 aromatic carbocycles. The lowest BCUT2D eigenvalue weighted by Gasteiger charge is -2.27. The second-order valence-corrected chi connectivity index (χ2v) is 5.48. The Morgan fingerprint density at radius 3 is 2.09 bits per heavy atom. The van der Waals surface area contributed by atoms with Gasteiger partial charge in [-0.3, -0.25) is 0 Å². The van der Waals surface area contributed by atoms with Crippen LogP contribution in [-0.4, -0.2) is 19.3 Å². The summed E-state index contributed by atoms with van der Waals surface area (Å²) in [6.07, 6.45) is -0.782. The average molecular weight is 305 g/mol. The first-order chi connectivity index (χ1) is 10.5. The molecule has 2 aromatic rings. The minimum absolute atomic E-state index is 0.0451. The maximum atomic E-state index is 14.4. The largest absolute Gasteiger partial charge is 0.347 e. The van der Waals surface area contributed by atoms with Gasteiger partial charge in [-0.05, 0) is 24.6 Å². The van der Waals surface area contributed by atoms with Crippen molar-refractivity contribution >= 4 is 0 Å². The van der Waals surface area contributed by atoms with Gasteiger partial charge in [0.25, 0.3) is 0 Å². The van der Waals surface area contributed by atoms with Gasteiger partial charge in [-0.25, -0.2) is 8.78 Å². The lowest BCUT2D eigenvalue weighted by Crippen LogP contribution is -2.37. The summed E-state index contributed by atoms with van der Waals surface area (Å²) in [5.41, 5.74) is 7.45. The van der Waals surface area contributed by atoms with Crippen molar-refractivity contribution < 1.29 is 18.3 Å². The van der Waals surface area contributed by atoms with E-state index >= 15 is 0 Å². The Balaban J connectivity index is 1.93.